The molecule has 272 valence electrons. The monoisotopic (exact) mass is 691 g/mol. The van der Waals surface area contributed by atoms with Crippen LogP contribution in [0.25, 0.3) is 10.8 Å². The predicted octanol–water partition coefficient (Wildman–Crippen LogP) is 10.8. The van der Waals surface area contributed by atoms with Gasteiger partial charge in [-0.2, -0.15) is 0 Å². The van der Waals surface area contributed by atoms with Gasteiger partial charge in [0.1, 0.15) is 0 Å². The molecule has 7 nitrogen and oxygen atoms in total. The van der Waals surface area contributed by atoms with Gasteiger partial charge in [0, 0.05) is 37.7 Å². The fourth-order valence-electron chi connectivity index (χ4n) is 4.47. The molecule has 2 amide bonds. The van der Waals surface area contributed by atoms with Crippen LogP contribution < -0.4 is 5.73 Å². The lowest BCUT2D eigenvalue weighted by atomic mass is 10.1. The summed E-state index contributed by atoms with van der Waals surface area (Å²) in [6.45, 7) is 12.7. The number of nitro groups is 1. The van der Waals surface area contributed by atoms with Gasteiger partial charge >= 0.3 is 0 Å². The molecule has 1 aliphatic heterocycles. The minimum atomic E-state index is -0.389. The standard InChI is InChI=1S/C12H12.C8H9NO2.C8H11N.C8H10.C5H7NO2.C3H8/c1-2-10-7-8-11-5-3-4-6-12(11)9-10;1-2-7-3-5-8(6-4-7)9(10)11;1-2-7-3-5-8(9)6-4-7;1-2-8-6-4-3-5-7-8;1-6-4(7)2-3-5(6)8;1-3-2/h3-9H,2H2,1H3;3-6H,2H2,1H3;3-6H,2,9H2,1H3;3-7H,2H2,1H3;2-3H2,1H3;3H2,1-2H3. The van der Waals surface area contributed by atoms with Crippen molar-refractivity contribution >= 4 is 34.0 Å². The second-order valence-corrected chi connectivity index (χ2v) is 11.8. The molecule has 0 atom stereocenters. The number of nitrogen functional groups attached to an aromatic ring is 1. The molecular formula is C44H57N3O4. The van der Waals surface area contributed by atoms with Gasteiger partial charge in [0.05, 0.1) is 4.92 Å². The average Bonchev–Trinajstić information content (AvgIpc) is 3.47. The number of carbonyl (C=O) groups is 2. The third kappa shape index (κ3) is 17.8. The molecule has 0 radical (unpaired) electrons. The number of likely N-dealkylation sites (tertiary alicyclic amines) is 1. The molecule has 0 unspecified atom stereocenters. The summed E-state index contributed by atoms with van der Waals surface area (Å²) in [6, 6.07) is 40.1. The highest BCUT2D eigenvalue weighted by Gasteiger charge is 2.24. The van der Waals surface area contributed by atoms with Gasteiger partial charge < -0.3 is 5.73 Å². The Bertz CT molecular complexity index is 1690. The molecule has 5 aromatic carbocycles. The first-order chi connectivity index (χ1) is 24.5. The second kappa shape index (κ2) is 25.6. The van der Waals surface area contributed by atoms with Crippen LogP contribution in [0.5, 0.6) is 0 Å². The number of nitrogens with zero attached hydrogens (tertiary/aromatic N) is 2. The van der Waals surface area contributed by atoms with Crippen molar-refractivity contribution in [3.8, 4) is 0 Å². The van der Waals surface area contributed by atoms with E-state index in [0.29, 0.717) is 12.8 Å². The van der Waals surface area contributed by atoms with Gasteiger partial charge in [-0.05, 0) is 70.8 Å². The van der Waals surface area contributed by atoms with Crippen molar-refractivity contribution in [1.29, 1.82) is 0 Å². The van der Waals surface area contributed by atoms with Crippen LogP contribution in [0, 0.1) is 10.1 Å². The summed E-state index contributed by atoms with van der Waals surface area (Å²) in [6.07, 6.45) is 6.30. The maximum absolute atomic E-state index is 10.5. The van der Waals surface area contributed by atoms with E-state index in [9.17, 15) is 19.7 Å². The van der Waals surface area contributed by atoms with Gasteiger partial charge in [0.25, 0.3) is 5.69 Å². The van der Waals surface area contributed by atoms with Crippen molar-refractivity contribution in [3.63, 3.8) is 0 Å². The van der Waals surface area contributed by atoms with E-state index >= 15 is 0 Å². The van der Waals surface area contributed by atoms with E-state index in [-0.39, 0.29) is 22.4 Å². The first kappa shape index (κ1) is 43.7. The zero-order chi connectivity index (χ0) is 38.0. The Hall–Kier alpha value is -5.30. The lowest BCUT2D eigenvalue weighted by Crippen LogP contribution is -2.23. The third-order valence-corrected chi connectivity index (χ3v) is 7.72. The number of benzene rings is 5. The Morgan fingerprint density at radius 2 is 0.961 bits per heavy atom. The largest absolute Gasteiger partial charge is 0.399 e. The highest BCUT2D eigenvalue weighted by molar-refractivity contribution is 6.01. The van der Waals surface area contributed by atoms with E-state index < -0.39 is 0 Å². The Labute approximate surface area is 305 Å². The Morgan fingerprint density at radius 3 is 1.35 bits per heavy atom. The molecule has 0 aromatic heterocycles. The zero-order valence-corrected chi connectivity index (χ0v) is 31.6. The molecular weight excluding hydrogens is 635 g/mol. The second-order valence-electron chi connectivity index (χ2n) is 11.8. The maximum atomic E-state index is 10.5. The van der Waals surface area contributed by atoms with E-state index in [0.717, 1.165) is 36.9 Å². The number of hydrogen-bond donors (Lipinski definition) is 1. The van der Waals surface area contributed by atoms with Crippen LogP contribution in [0.4, 0.5) is 11.4 Å². The summed E-state index contributed by atoms with van der Waals surface area (Å²) in [4.78, 5) is 32.0. The van der Waals surface area contributed by atoms with Crippen molar-refractivity contribution in [1.82, 2.24) is 4.90 Å². The number of imide groups is 1. The van der Waals surface area contributed by atoms with Crippen molar-refractivity contribution in [3.05, 3.63) is 154 Å². The van der Waals surface area contributed by atoms with E-state index in [1.165, 1.54) is 58.0 Å². The van der Waals surface area contributed by atoms with Crippen molar-refractivity contribution in [2.75, 3.05) is 12.8 Å². The molecule has 1 aliphatic rings. The first-order valence-electron chi connectivity index (χ1n) is 17.9. The molecule has 7 heteroatoms. The molecule has 5 aromatic rings. The SMILES string of the molecule is CCC.CCc1ccc(N)cc1.CCc1ccc([N+](=O)[O-])cc1.CCc1ccc2ccccc2c1.CCc1ccccc1.CN1C(=O)CCC1=O. The van der Waals surface area contributed by atoms with Crippen molar-refractivity contribution in [2.24, 2.45) is 0 Å². The molecule has 1 fully saturated rings. The normalized spacial score (nSPS) is 11.2. The Kier molecular flexibility index (Phi) is 22.0. The molecule has 1 saturated heterocycles. The summed E-state index contributed by atoms with van der Waals surface area (Å²) < 4.78 is 0. The molecule has 2 N–H and O–H groups in total. The number of carbonyl (C=O) groups excluding carboxylic acids is 2. The minimum Gasteiger partial charge on any atom is -0.399 e. The lowest BCUT2D eigenvalue weighted by Gasteiger charge is -2.01. The number of nitrogens with two attached hydrogens (primary N) is 1. The van der Waals surface area contributed by atoms with E-state index in [4.69, 9.17) is 5.73 Å². The van der Waals surface area contributed by atoms with Gasteiger partial charge in [-0.25, -0.2) is 0 Å². The quantitative estimate of drug-likeness (QED) is 0.0854. The molecule has 0 saturated carbocycles. The van der Waals surface area contributed by atoms with Crippen molar-refractivity contribution < 1.29 is 14.5 Å². The van der Waals surface area contributed by atoms with Crippen LogP contribution in [0.2, 0.25) is 0 Å². The van der Waals surface area contributed by atoms with Crippen LogP contribution in [-0.2, 0) is 35.3 Å². The summed E-state index contributed by atoms with van der Waals surface area (Å²) in [7, 11) is 1.51. The number of nitro benzene ring substituents is 1. The Balaban J connectivity index is 0.000000315. The average molecular weight is 692 g/mol. The van der Waals surface area contributed by atoms with Crippen LogP contribution in [0.15, 0.2) is 121 Å². The van der Waals surface area contributed by atoms with Gasteiger partial charge in [-0.1, -0.05) is 145 Å². The van der Waals surface area contributed by atoms with E-state index in [1.54, 1.807) is 12.1 Å². The highest BCUT2D eigenvalue weighted by Crippen LogP contribution is 2.16. The van der Waals surface area contributed by atoms with Crippen LogP contribution in [0.1, 0.15) is 83.1 Å². The molecule has 0 aliphatic carbocycles. The van der Waals surface area contributed by atoms with Gasteiger partial charge in [0.15, 0.2) is 0 Å². The number of non-ortho nitro benzene ring substituents is 1. The molecule has 51 heavy (non-hydrogen) atoms. The summed E-state index contributed by atoms with van der Waals surface area (Å²) >= 11 is 0. The van der Waals surface area contributed by atoms with Gasteiger partial charge in [-0.3, -0.25) is 24.6 Å². The minimum absolute atomic E-state index is 0.0602. The predicted molar refractivity (Wildman–Crippen MR) is 215 cm³/mol. The van der Waals surface area contributed by atoms with Crippen LogP contribution in [0.3, 0.4) is 0 Å². The lowest BCUT2D eigenvalue weighted by molar-refractivity contribution is -0.384. The summed E-state index contributed by atoms with van der Waals surface area (Å²) in [5.74, 6) is -0.120. The number of hydrogen-bond acceptors (Lipinski definition) is 5. The molecule has 6 rings (SSSR count). The maximum Gasteiger partial charge on any atom is 0.269 e. The fourth-order valence-corrected chi connectivity index (χ4v) is 4.47. The smallest absolute Gasteiger partial charge is 0.269 e. The zero-order valence-electron chi connectivity index (χ0n) is 31.6. The third-order valence-electron chi connectivity index (χ3n) is 7.72. The number of fused-ring (bicyclic) bond motifs is 1. The van der Waals surface area contributed by atoms with Crippen LogP contribution >= 0.6 is 0 Å². The molecule has 1 heterocycles. The summed E-state index contributed by atoms with van der Waals surface area (Å²) in [5.41, 5.74) is 11.8. The number of aryl methyl sites for hydroxylation is 4. The molecule has 0 bridgehead atoms. The van der Waals surface area contributed by atoms with E-state index in [1.807, 2.05) is 25.1 Å². The first-order valence-corrected chi connectivity index (χ1v) is 17.9. The summed E-state index contributed by atoms with van der Waals surface area (Å²) in [5, 5.41) is 12.9. The number of amides is 2. The van der Waals surface area contributed by atoms with Crippen LogP contribution in [-0.4, -0.2) is 28.7 Å². The number of anilines is 1. The van der Waals surface area contributed by atoms with Crippen molar-refractivity contribution in [2.45, 2.75) is 86.5 Å². The highest BCUT2D eigenvalue weighted by atomic mass is 16.6. The van der Waals surface area contributed by atoms with Gasteiger partial charge in [-0.15, -0.1) is 0 Å². The van der Waals surface area contributed by atoms with Gasteiger partial charge in [0.2, 0.25) is 11.8 Å². The topological polar surface area (TPSA) is 107 Å². The molecule has 0 spiro atoms. The Morgan fingerprint density at radius 1 is 0.569 bits per heavy atom. The number of rotatable bonds is 5. The fraction of sp³-hybridized carbons (Fsp3) is 0.318. The van der Waals surface area contributed by atoms with E-state index in [2.05, 4.69) is 113 Å².